The monoisotopic (exact) mass is 352 g/mol. The second-order valence-electron chi connectivity index (χ2n) is 6.93. The van der Waals surface area contributed by atoms with E-state index >= 15 is 0 Å². The Labute approximate surface area is 154 Å². The number of nitrogens with zero attached hydrogens (tertiary/aromatic N) is 1. The van der Waals surface area contributed by atoms with Crippen LogP contribution in [0.15, 0.2) is 48.5 Å². The van der Waals surface area contributed by atoms with Crippen LogP contribution in [0.5, 0.6) is 0 Å². The molecule has 2 aromatic carbocycles. The van der Waals surface area contributed by atoms with Crippen LogP contribution in [-0.4, -0.2) is 49.4 Å². The summed E-state index contributed by atoms with van der Waals surface area (Å²) in [4.78, 5) is 27.9. The molecule has 1 heterocycles. The molecule has 0 saturated carbocycles. The molecule has 0 radical (unpaired) electrons. The summed E-state index contributed by atoms with van der Waals surface area (Å²) in [5.41, 5.74) is 3.95. The summed E-state index contributed by atoms with van der Waals surface area (Å²) in [6.45, 7) is 7.47. The Morgan fingerprint density at radius 3 is 2.35 bits per heavy atom. The lowest BCUT2D eigenvalue weighted by Crippen LogP contribution is -3.15. The van der Waals surface area contributed by atoms with Crippen LogP contribution in [0.1, 0.15) is 21.5 Å². The lowest BCUT2D eigenvalue weighted by atomic mass is 10.1. The van der Waals surface area contributed by atoms with Gasteiger partial charge in [0.05, 0.1) is 26.2 Å². The van der Waals surface area contributed by atoms with Gasteiger partial charge >= 0.3 is 0 Å². The van der Waals surface area contributed by atoms with Crippen molar-refractivity contribution in [2.24, 2.45) is 0 Å². The number of benzene rings is 2. The Bertz CT molecular complexity index is 781. The lowest BCUT2D eigenvalue weighted by molar-refractivity contribution is -0.895. The maximum Gasteiger partial charge on any atom is 0.279 e. The molecule has 0 spiro atoms. The molecule has 0 unspecified atom stereocenters. The molecule has 2 N–H and O–H groups in total. The summed E-state index contributed by atoms with van der Waals surface area (Å²) < 4.78 is 0. The fraction of sp³-hybridized carbons (Fsp3) is 0.333. The third-order valence-electron chi connectivity index (χ3n) is 4.98. The first kappa shape index (κ1) is 18.1. The Balaban J connectivity index is 1.48. The summed E-state index contributed by atoms with van der Waals surface area (Å²) >= 11 is 0. The summed E-state index contributed by atoms with van der Waals surface area (Å²) in [5, 5.41) is 2.98. The number of nitrogens with one attached hydrogen (secondary N) is 2. The SMILES string of the molecule is Cc1ccc(NC(=O)C[NH+]2CCN(C(=O)c3ccccc3)CC2)cc1C. The number of anilines is 1. The van der Waals surface area contributed by atoms with Crippen molar-refractivity contribution in [1.82, 2.24) is 4.90 Å². The molecule has 1 fully saturated rings. The van der Waals surface area contributed by atoms with Gasteiger partial charge < -0.3 is 15.1 Å². The van der Waals surface area contributed by atoms with E-state index in [1.165, 1.54) is 16.0 Å². The van der Waals surface area contributed by atoms with Crippen molar-refractivity contribution < 1.29 is 14.5 Å². The lowest BCUT2D eigenvalue weighted by Gasteiger charge is -2.32. The maximum absolute atomic E-state index is 12.5. The van der Waals surface area contributed by atoms with Gasteiger partial charge in [0, 0.05) is 11.3 Å². The van der Waals surface area contributed by atoms with Gasteiger partial charge in [-0.15, -0.1) is 0 Å². The number of piperazine rings is 1. The third kappa shape index (κ3) is 4.49. The van der Waals surface area contributed by atoms with Crippen LogP contribution in [0.3, 0.4) is 0 Å². The molecular weight excluding hydrogens is 326 g/mol. The second-order valence-corrected chi connectivity index (χ2v) is 6.93. The van der Waals surface area contributed by atoms with Crippen molar-refractivity contribution in [2.45, 2.75) is 13.8 Å². The summed E-state index contributed by atoms with van der Waals surface area (Å²) in [6, 6.07) is 15.3. The van der Waals surface area contributed by atoms with Gasteiger partial charge in [0.1, 0.15) is 0 Å². The number of amides is 2. The number of rotatable bonds is 4. The minimum atomic E-state index is 0.0195. The molecule has 0 aromatic heterocycles. The molecule has 0 atom stereocenters. The quantitative estimate of drug-likeness (QED) is 0.871. The van der Waals surface area contributed by atoms with Crippen LogP contribution < -0.4 is 10.2 Å². The van der Waals surface area contributed by atoms with E-state index in [-0.39, 0.29) is 11.8 Å². The van der Waals surface area contributed by atoms with Crippen LogP contribution in [0.25, 0.3) is 0 Å². The number of hydrogen-bond acceptors (Lipinski definition) is 2. The Kier molecular flexibility index (Phi) is 5.68. The first-order chi connectivity index (χ1) is 12.5. The normalized spacial score (nSPS) is 14.9. The fourth-order valence-electron chi connectivity index (χ4n) is 3.22. The van der Waals surface area contributed by atoms with E-state index in [0.717, 1.165) is 24.3 Å². The number of hydrogen-bond donors (Lipinski definition) is 2. The van der Waals surface area contributed by atoms with E-state index < -0.39 is 0 Å². The summed E-state index contributed by atoms with van der Waals surface area (Å²) in [6.07, 6.45) is 0. The minimum Gasteiger partial charge on any atom is -0.327 e. The molecule has 0 aliphatic carbocycles. The Morgan fingerprint density at radius 2 is 1.69 bits per heavy atom. The van der Waals surface area contributed by atoms with Gasteiger partial charge in [-0.3, -0.25) is 9.59 Å². The molecule has 0 bridgehead atoms. The molecule has 1 aliphatic rings. The first-order valence-corrected chi connectivity index (χ1v) is 9.08. The summed E-state index contributed by atoms with van der Waals surface area (Å²) in [5.74, 6) is 0.0929. The number of carbonyl (C=O) groups is 2. The van der Waals surface area contributed by atoms with Crippen molar-refractivity contribution in [3.63, 3.8) is 0 Å². The molecule has 5 nitrogen and oxygen atoms in total. The zero-order valence-corrected chi connectivity index (χ0v) is 15.4. The second kappa shape index (κ2) is 8.15. The minimum absolute atomic E-state index is 0.0195. The zero-order chi connectivity index (χ0) is 18.5. The average Bonchev–Trinajstić information content (AvgIpc) is 2.65. The highest BCUT2D eigenvalue weighted by Crippen LogP contribution is 2.13. The van der Waals surface area contributed by atoms with Gasteiger partial charge in [0.25, 0.3) is 11.8 Å². The van der Waals surface area contributed by atoms with Crippen LogP contribution in [0, 0.1) is 13.8 Å². The largest absolute Gasteiger partial charge is 0.327 e. The molecule has 136 valence electrons. The first-order valence-electron chi connectivity index (χ1n) is 9.08. The molecule has 3 rings (SSSR count). The van der Waals surface area contributed by atoms with E-state index in [0.29, 0.717) is 19.6 Å². The van der Waals surface area contributed by atoms with Gasteiger partial charge in [0.2, 0.25) is 0 Å². The summed E-state index contributed by atoms with van der Waals surface area (Å²) in [7, 11) is 0. The molecule has 1 saturated heterocycles. The van der Waals surface area contributed by atoms with Gasteiger partial charge in [-0.05, 0) is 49.2 Å². The number of aryl methyl sites for hydroxylation is 2. The van der Waals surface area contributed by atoms with Crippen molar-refractivity contribution in [3.05, 3.63) is 65.2 Å². The Hall–Kier alpha value is -2.66. The average molecular weight is 352 g/mol. The zero-order valence-electron chi connectivity index (χ0n) is 15.4. The van der Waals surface area contributed by atoms with Gasteiger partial charge in [-0.1, -0.05) is 24.3 Å². The smallest absolute Gasteiger partial charge is 0.279 e. The van der Waals surface area contributed by atoms with Crippen molar-refractivity contribution in [3.8, 4) is 0 Å². The Morgan fingerprint density at radius 1 is 1.00 bits per heavy atom. The maximum atomic E-state index is 12.5. The van der Waals surface area contributed by atoms with E-state index in [2.05, 4.69) is 12.2 Å². The van der Waals surface area contributed by atoms with Crippen LogP contribution in [-0.2, 0) is 4.79 Å². The van der Waals surface area contributed by atoms with E-state index in [1.54, 1.807) is 0 Å². The molecule has 2 aromatic rings. The molecule has 26 heavy (non-hydrogen) atoms. The standard InChI is InChI=1S/C21H25N3O2/c1-16-8-9-19(14-17(16)2)22-20(25)15-23-10-12-24(13-11-23)21(26)18-6-4-3-5-7-18/h3-9,14H,10-13,15H2,1-2H3,(H,22,25)/p+1. The fourth-order valence-corrected chi connectivity index (χ4v) is 3.22. The number of carbonyl (C=O) groups excluding carboxylic acids is 2. The van der Waals surface area contributed by atoms with E-state index in [1.807, 2.05) is 60.4 Å². The highest BCUT2D eigenvalue weighted by molar-refractivity contribution is 5.94. The third-order valence-corrected chi connectivity index (χ3v) is 4.98. The van der Waals surface area contributed by atoms with Gasteiger partial charge in [-0.2, -0.15) is 0 Å². The van der Waals surface area contributed by atoms with E-state index in [9.17, 15) is 9.59 Å². The highest BCUT2D eigenvalue weighted by Gasteiger charge is 2.25. The molecule has 1 aliphatic heterocycles. The van der Waals surface area contributed by atoms with Gasteiger partial charge in [-0.25, -0.2) is 0 Å². The molecular formula is C21H26N3O2+. The predicted molar refractivity (Wildman–Crippen MR) is 102 cm³/mol. The van der Waals surface area contributed by atoms with Crippen LogP contribution in [0.2, 0.25) is 0 Å². The number of quaternary nitrogens is 1. The predicted octanol–water partition coefficient (Wildman–Crippen LogP) is 1.28. The topological polar surface area (TPSA) is 53.9 Å². The van der Waals surface area contributed by atoms with Crippen LogP contribution in [0.4, 0.5) is 5.69 Å². The van der Waals surface area contributed by atoms with Crippen LogP contribution >= 0.6 is 0 Å². The van der Waals surface area contributed by atoms with E-state index in [4.69, 9.17) is 0 Å². The highest BCUT2D eigenvalue weighted by atomic mass is 16.2. The van der Waals surface area contributed by atoms with Gasteiger partial charge in [0.15, 0.2) is 6.54 Å². The van der Waals surface area contributed by atoms with Crippen molar-refractivity contribution in [1.29, 1.82) is 0 Å². The molecule has 5 heteroatoms. The molecule has 2 amide bonds. The van der Waals surface area contributed by atoms with Crippen molar-refractivity contribution >= 4 is 17.5 Å². The van der Waals surface area contributed by atoms with Crippen molar-refractivity contribution in [2.75, 3.05) is 38.0 Å².